The van der Waals surface area contributed by atoms with Crippen LogP contribution in [0.25, 0.3) is 0 Å². The predicted molar refractivity (Wildman–Crippen MR) is 78.7 cm³/mol. The molecule has 1 aromatic rings. The number of nitrogens with zero attached hydrogens (tertiary/aromatic N) is 1. The topological polar surface area (TPSA) is 40.5 Å². The SMILES string of the molecule is CCc1ccc(C(C)N2CCC(CC)(C(=O)O)C2)s1. The normalized spacial score (nSPS) is 25.6. The molecular formula is C15H23NO2S. The number of aliphatic carboxylic acids is 1. The van der Waals surface area contributed by atoms with Gasteiger partial charge in [-0.3, -0.25) is 9.69 Å². The average molecular weight is 281 g/mol. The largest absolute Gasteiger partial charge is 0.481 e. The molecule has 1 aromatic heterocycles. The molecule has 0 spiro atoms. The number of hydrogen-bond acceptors (Lipinski definition) is 3. The molecule has 0 radical (unpaired) electrons. The maximum absolute atomic E-state index is 11.5. The second-order valence-corrected chi connectivity index (χ2v) is 6.69. The zero-order valence-corrected chi connectivity index (χ0v) is 12.8. The van der Waals surface area contributed by atoms with Crippen LogP contribution in [0.2, 0.25) is 0 Å². The van der Waals surface area contributed by atoms with Gasteiger partial charge < -0.3 is 5.11 Å². The van der Waals surface area contributed by atoms with Crippen molar-refractivity contribution < 1.29 is 9.90 Å². The Hall–Kier alpha value is -0.870. The Morgan fingerprint density at radius 2 is 2.26 bits per heavy atom. The lowest BCUT2D eigenvalue weighted by atomic mass is 9.84. The van der Waals surface area contributed by atoms with Crippen LogP contribution in [0.3, 0.4) is 0 Å². The van der Waals surface area contributed by atoms with Crippen LogP contribution in [0.15, 0.2) is 12.1 Å². The number of carboxylic acids is 1. The van der Waals surface area contributed by atoms with Gasteiger partial charge in [0.15, 0.2) is 0 Å². The Labute approximate surface area is 119 Å². The molecule has 0 aromatic carbocycles. The summed E-state index contributed by atoms with van der Waals surface area (Å²) in [5, 5.41) is 9.45. The molecular weight excluding hydrogens is 258 g/mol. The summed E-state index contributed by atoms with van der Waals surface area (Å²) in [5.41, 5.74) is -0.529. The lowest BCUT2D eigenvalue weighted by Crippen LogP contribution is -2.34. The van der Waals surface area contributed by atoms with E-state index in [1.165, 1.54) is 9.75 Å². The van der Waals surface area contributed by atoms with Crippen molar-refractivity contribution in [2.24, 2.45) is 5.41 Å². The Morgan fingerprint density at radius 3 is 2.74 bits per heavy atom. The maximum atomic E-state index is 11.5. The molecule has 1 saturated heterocycles. The van der Waals surface area contributed by atoms with E-state index >= 15 is 0 Å². The molecule has 0 amide bonds. The number of thiophene rings is 1. The van der Waals surface area contributed by atoms with Gasteiger partial charge in [-0.1, -0.05) is 13.8 Å². The first-order chi connectivity index (χ1) is 9.02. The standard InChI is InChI=1S/C15H23NO2S/c1-4-12-6-7-13(19-12)11(3)16-9-8-15(5-2,10-16)14(17)18/h6-7,11H,4-5,8-10H2,1-3H3,(H,17,18). The highest BCUT2D eigenvalue weighted by Gasteiger charge is 2.44. The van der Waals surface area contributed by atoms with Crippen LogP contribution >= 0.6 is 11.3 Å². The van der Waals surface area contributed by atoms with Crippen molar-refractivity contribution in [2.75, 3.05) is 13.1 Å². The summed E-state index contributed by atoms with van der Waals surface area (Å²) in [7, 11) is 0. The molecule has 1 aliphatic rings. The smallest absolute Gasteiger partial charge is 0.310 e. The van der Waals surface area contributed by atoms with Crippen molar-refractivity contribution >= 4 is 17.3 Å². The summed E-state index contributed by atoms with van der Waals surface area (Å²) < 4.78 is 0. The van der Waals surface area contributed by atoms with E-state index in [2.05, 4.69) is 30.9 Å². The summed E-state index contributed by atoms with van der Waals surface area (Å²) in [6.07, 6.45) is 2.57. The van der Waals surface area contributed by atoms with Crippen LogP contribution in [0.5, 0.6) is 0 Å². The van der Waals surface area contributed by atoms with Gasteiger partial charge in [0.05, 0.1) is 5.41 Å². The minimum Gasteiger partial charge on any atom is -0.481 e. The monoisotopic (exact) mass is 281 g/mol. The first kappa shape index (κ1) is 14.5. The summed E-state index contributed by atoms with van der Waals surface area (Å²) in [5.74, 6) is -0.634. The molecule has 1 aliphatic heterocycles. The van der Waals surface area contributed by atoms with Gasteiger partial charge in [0.25, 0.3) is 0 Å². The second kappa shape index (κ2) is 5.63. The van der Waals surface area contributed by atoms with Crippen LogP contribution in [0.1, 0.15) is 49.4 Å². The molecule has 2 rings (SSSR count). The minimum absolute atomic E-state index is 0.332. The predicted octanol–water partition coefficient (Wildman–Crippen LogP) is 3.56. The van der Waals surface area contributed by atoms with E-state index < -0.39 is 11.4 Å². The van der Waals surface area contributed by atoms with Crippen LogP contribution in [-0.4, -0.2) is 29.1 Å². The zero-order chi connectivity index (χ0) is 14.0. The van der Waals surface area contributed by atoms with E-state index in [0.717, 1.165) is 25.8 Å². The van der Waals surface area contributed by atoms with Crippen LogP contribution in [0, 0.1) is 5.41 Å². The molecule has 2 heterocycles. The first-order valence-corrected chi connectivity index (χ1v) is 7.90. The number of hydrogen-bond donors (Lipinski definition) is 1. The highest BCUT2D eigenvalue weighted by molar-refractivity contribution is 7.12. The molecule has 1 N–H and O–H groups in total. The van der Waals surface area contributed by atoms with Crippen molar-refractivity contribution in [2.45, 2.75) is 46.1 Å². The third kappa shape index (κ3) is 2.70. The lowest BCUT2D eigenvalue weighted by molar-refractivity contribution is -0.148. The Kier molecular flexibility index (Phi) is 4.31. The first-order valence-electron chi connectivity index (χ1n) is 7.08. The van der Waals surface area contributed by atoms with Gasteiger partial charge in [-0.2, -0.15) is 0 Å². The number of rotatable bonds is 5. The molecule has 2 unspecified atom stereocenters. The molecule has 0 bridgehead atoms. The van der Waals surface area contributed by atoms with Gasteiger partial charge in [0.2, 0.25) is 0 Å². The van der Waals surface area contributed by atoms with E-state index in [1.807, 2.05) is 18.3 Å². The highest BCUT2D eigenvalue weighted by atomic mass is 32.1. The number of aryl methyl sites for hydroxylation is 1. The summed E-state index contributed by atoms with van der Waals surface area (Å²) in [6.45, 7) is 7.92. The van der Waals surface area contributed by atoms with Gasteiger partial charge in [-0.25, -0.2) is 0 Å². The van der Waals surface area contributed by atoms with Gasteiger partial charge in [0.1, 0.15) is 0 Å². The Morgan fingerprint density at radius 1 is 1.53 bits per heavy atom. The van der Waals surface area contributed by atoms with Crippen LogP contribution < -0.4 is 0 Å². The molecule has 0 aliphatic carbocycles. The maximum Gasteiger partial charge on any atom is 0.310 e. The molecule has 3 nitrogen and oxygen atoms in total. The number of likely N-dealkylation sites (tertiary alicyclic amines) is 1. The second-order valence-electron chi connectivity index (χ2n) is 5.49. The van der Waals surface area contributed by atoms with Gasteiger partial charge >= 0.3 is 5.97 Å². The van der Waals surface area contributed by atoms with Crippen LogP contribution in [0.4, 0.5) is 0 Å². The van der Waals surface area contributed by atoms with E-state index in [1.54, 1.807) is 0 Å². The molecule has 4 heteroatoms. The third-order valence-electron chi connectivity index (χ3n) is 4.50. The molecule has 19 heavy (non-hydrogen) atoms. The minimum atomic E-state index is -0.634. The fraction of sp³-hybridized carbons (Fsp3) is 0.667. The van der Waals surface area contributed by atoms with Gasteiger partial charge in [-0.15, -0.1) is 11.3 Å². The fourth-order valence-electron chi connectivity index (χ4n) is 2.84. The van der Waals surface area contributed by atoms with E-state index in [9.17, 15) is 9.90 Å². The summed E-state index contributed by atoms with van der Waals surface area (Å²) >= 11 is 1.85. The average Bonchev–Trinajstić information content (AvgIpc) is 3.05. The molecule has 106 valence electrons. The summed E-state index contributed by atoms with van der Waals surface area (Å²) in [4.78, 5) is 16.6. The fourth-order valence-corrected chi connectivity index (χ4v) is 3.88. The molecule has 1 fully saturated rings. The van der Waals surface area contributed by atoms with Gasteiger partial charge in [-0.05, 0) is 44.9 Å². The third-order valence-corrected chi connectivity index (χ3v) is 5.90. The van der Waals surface area contributed by atoms with Crippen molar-refractivity contribution in [3.63, 3.8) is 0 Å². The van der Waals surface area contributed by atoms with Crippen molar-refractivity contribution in [3.8, 4) is 0 Å². The Balaban J connectivity index is 2.09. The molecule has 2 atom stereocenters. The van der Waals surface area contributed by atoms with E-state index in [4.69, 9.17) is 0 Å². The van der Waals surface area contributed by atoms with Crippen LogP contribution in [-0.2, 0) is 11.2 Å². The quantitative estimate of drug-likeness (QED) is 0.897. The van der Waals surface area contributed by atoms with E-state index in [-0.39, 0.29) is 0 Å². The van der Waals surface area contributed by atoms with Crippen molar-refractivity contribution in [3.05, 3.63) is 21.9 Å². The lowest BCUT2D eigenvalue weighted by Gasteiger charge is -2.26. The number of carboxylic acid groups (broad SMARTS) is 1. The number of carbonyl (C=O) groups is 1. The van der Waals surface area contributed by atoms with E-state index in [0.29, 0.717) is 12.6 Å². The highest BCUT2D eigenvalue weighted by Crippen LogP contribution is 2.39. The summed E-state index contributed by atoms with van der Waals surface area (Å²) in [6, 6.07) is 4.72. The Bertz CT molecular complexity index is 457. The van der Waals surface area contributed by atoms with Crippen molar-refractivity contribution in [1.29, 1.82) is 0 Å². The van der Waals surface area contributed by atoms with Crippen molar-refractivity contribution in [1.82, 2.24) is 4.90 Å². The van der Waals surface area contributed by atoms with Gasteiger partial charge in [0, 0.05) is 22.3 Å². The molecule has 0 saturated carbocycles. The zero-order valence-electron chi connectivity index (χ0n) is 12.0.